The van der Waals surface area contributed by atoms with Crippen LogP contribution in [0.5, 0.6) is 5.75 Å². The average Bonchev–Trinajstić information content (AvgIpc) is 2.69. The molecule has 0 saturated heterocycles. The Hall–Kier alpha value is -3.33. The van der Waals surface area contributed by atoms with E-state index in [-0.39, 0.29) is 11.7 Å². The van der Waals surface area contributed by atoms with E-state index in [0.29, 0.717) is 23.0 Å². The van der Waals surface area contributed by atoms with Gasteiger partial charge < -0.3 is 9.52 Å². The van der Waals surface area contributed by atoms with Gasteiger partial charge in [0.15, 0.2) is 0 Å². The molecule has 0 aliphatic rings. The maximum atomic E-state index is 12.7. The zero-order valence-electron chi connectivity index (χ0n) is 14.1. The molecule has 0 spiro atoms. The smallest absolute Gasteiger partial charge is 0.343 e. The van der Waals surface area contributed by atoms with Gasteiger partial charge in [-0.25, -0.2) is 4.79 Å². The van der Waals surface area contributed by atoms with Crippen molar-refractivity contribution >= 4 is 11.0 Å². The molecule has 1 atom stereocenters. The van der Waals surface area contributed by atoms with E-state index in [1.807, 2.05) is 66.7 Å². The van der Waals surface area contributed by atoms with Crippen molar-refractivity contribution in [3.05, 3.63) is 112 Å². The largest absolute Gasteiger partial charge is 0.507 e. The first kappa shape index (κ1) is 16.2. The lowest BCUT2D eigenvalue weighted by atomic mass is 9.86. The minimum atomic E-state index is -0.494. The second-order valence-corrected chi connectivity index (χ2v) is 6.30. The van der Waals surface area contributed by atoms with Crippen LogP contribution in [0.15, 0.2) is 94.1 Å². The Balaban J connectivity index is 1.92. The van der Waals surface area contributed by atoms with Crippen molar-refractivity contribution in [1.82, 2.24) is 0 Å². The van der Waals surface area contributed by atoms with Gasteiger partial charge in [-0.3, -0.25) is 0 Å². The fourth-order valence-electron chi connectivity index (χ4n) is 3.38. The second-order valence-electron chi connectivity index (χ2n) is 6.30. The van der Waals surface area contributed by atoms with E-state index in [2.05, 4.69) is 0 Å². The zero-order chi connectivity index (χ0) is 17.9. The van der Waals surface area contributed by atoms with E-state index >= 15 is 0 Å². The highest BCUT2D eigenvalue weighted by molar-refractivity contribution is 5.84. The zero-order valence-corrected chi connectivity index (χ0v) is 14.1. The molecule has 0 bridgehead atoms. The molecule has 0 aliphatic carbocycles. The molecule has 1 aromatic heterocycles. The number of fused-ring (bicyclic) bond motifs is 1. The van der Waals surface area contributed by atoms with Gasteiger partial charge in [0.25, 0.3) is 0 Å². The average molecular weight is 342 g/mol. The predicted molar refractivity (Wildman–Crippen MR) is 103 cm³/mol. The Kier molecular flexibility index (Phi) is 4.28. The van der Waals surface area contributed by atoms with Gasteiger partial charge in [0.1, 0.15) is 11.3 Å². The number of rotatable bonds is 4. The topological polar surface area (TPSA) is 50.4 Å². The summed E-state index contributed by atoms with van der Waals surface area (Å²) in [5.74, 6) is -0.291. The molecular weight excluding hydrogens is 324 g/mol. The standard InChI is InChI=1S/C23H18O3/c24-22-18-13-7-8-14-20(18)26-23(25)21(22)19(17-11-5-2-6-12-17)15-16-9-3-1-4-10-16/h1-14,19,24H,15H2. The van der Waals surface area contributed by atoms with Crippen LogP contribution in [-0.4, -0.2) is 5.11 Å². The van der Waals surface area contributed by atoms with E-state index in [4.69, 9.17) is 4.42 Å². The van der Waals surface area contributed by atoms with Crippen LogP contribution < -0.4 is 5.63 Å². The summed E-state index contributed by atoms with van der Waals surface area (Å²) < 4.78 is 5.50. The third-order valence-corrected chi connectivity index (χ3v) is 4.65. The van der Waals surface area contributed by atoms with E-state index in [9.17, 15) is 9.90 Å². The maximum Gasteiger partial charge on any atom is 0.343 e. The monoisotopic (exact) mass is 342 g/mol. The van der Waals surface area contributed by atoms with Gasteiger partial charge >= 0.3 is 5.63 Å². The molecule has 0 saturated carbocycles. The van der Waals surface area contributed by atoms with Crippen molar-refractivity contribution < 1.29 is 9.52 Å². The Bertz CT molecular complexity index is 1080. The Morgan fingerprint density at radius 3 is 2.15 bits per heavy atom. The molecule has 3 aromatic carbocycles. The summed E-state index contributed by atoms with van der Waals surface area (Å²) in [5, 5.41) is 11.4. The second kappa shape index (κ2) is 6.89. The first-order valence-electron chi connectivity index (χ1n) is 8.57. The number of benzene rings is 3. The van der Waals surface area contributed by atoms with E-state index in [1.54, 1.807) is 18.2 Å². The number of hydrogen-bond donors (Lipinski definition) is 1. The van der Waals surface area contributed by atoms with Gasteiger partial charge in [0.2, 0.25) is 0 Å². The molecule has 4 rings (SSSR count). The van der Waals surface area contributed by atoms with Gasteiger partial charge in [0.05, 0.1) is 10.9 Å². The highest BCUT2D eigenvalue weighted by Gasteiger charge is 2.24. The van der Waals surface area contributed by atoms with E-state index < -0.39 is 5.63 Å². The van der Waals surface area contributed by atoms with Crippen LogP contribution in [0.4, 0.5) is 0 Å². The third kappa shape index (κ3) is 3.00. The van der Waals surface area contributed by atoms with Crippen molar-refractivity contribution in [2.24, 2.45) is 0 Å². The number of hydrogen-bond acceptors (Lipinski definition) is 3. The van der Waals surface area contributed by atoms with Crippen LogP contribution in [0, 0.1) is 0 Å². The van der Waals surface area contributed by atoms with Crippen molar-refractivity contribution in [3.63, 3.8) is 0 Å². The van der Waals surface area contributed by atoms with Crippen LogP contribution in [0.25, 0.3) is 11.0 Å². The molecule has 1 unspecified atom stereocenters. The van der Waals surface area contributed by atoms with E-state index in [1.165, 1.54) is 0 Å². The molecule has 4 aromatic rings. The highest BCUT2D eigenvalue weighted by atomic mass is 16.4. The molecular formula is C23H18O3. The quantitative estimate of drug-likeness (QED) is 0.538. The lowest BCUT2D eigenvalue weighted by Crippen LogP contribution is -2.16. The van der Waals surface area contributed by atoms with Gasteiger partial charge in [-0.1, -0.05) is 72.8 Å². The van der Waals surface area contributed by atoms with Crippen molar-refractivity contribution in [2.45, 2.75) is 12.3 Å². The van der Waals surface area contributed by atoms with Crippen LogP contribution in [0.2, 0.25) is 0 Å². The lowest BCUT2D eigenvalue weighted by Gasteiger charge is -2.19. The Labute approximate surface area is 151 Å². The lowest BCUT2D eigenvalue weighted by molar-refractivity contribution is 0.451. The molecule has 0 fully saturated rings. The fourth-order valence-corrected chi connectivity index (χ4v) is 3.38. The van der Waals surface area contributed by atoms with Gasteiger partial charge in [0, 0.05) is 5.92 Å². The minimum Gasteiger partial charge on any atom is -0.507 e. The molecule has 3 nitrogen and oxygen atoms in total. The first-order chi connectivity index (χ1) is 12.7. The van der Waals surface area contributed by atoms with Crippen LogP contribution >= 0.6 is 0 Å². The highest BCUT2D eigenvalue weighted by Crippen LogP contribution is 2.35. The first-order valence-corrected chi connectivity index (χ1v) is 8.57. The maximum absolute atomic E-state index is 12.7. The van der Waals surface area contributed by atoms with Gasteiger partial charge in [-0.15, -0.1) is 0 Å². The summed E-state index contributed by atoms with van der Waals surface area (Å²) in [7, 11) is 0. The van der Waals surface area contributed by atoms with Crippen molar-refractivity contribution in [1.29, 1.82) is 0 Å². The molecule has 0 radical (unpaired) electrons. The fraction of sp³-hybridized carbons (Fsp3) is 0.0870. The number of para-hydroxylation sites is 1. The summed E-state index contributed by atoms with van der Waals surface area (Å²) in [5.41, 5.74) is 2.26. The SMILES string of the molecule is O=c1oc2ccccc2c(O)c1C(Cc1ccccc1)c1ccccc1. The molecule has 128 valence electrons. The van der Waals surface area contributed by atoms with Crippen molar-refractivity contribution in [2.75, 3.05) is 0 Å². The summed E-state index contributed by atoms with van der Waals surface area (Å²) >= 11 is 0. The summed E-state index contributed by atoms with van der Waals surface area (Å²) in [6.07, 6.45) is 0.599. The molecule has 0 aliphatic heterocycles. The summed E-state index contributed by atoms with van der Waals surface area (Å²) in [4.78, 5) is 12.7. The predicted octanol–water partition coefficient (Wildman–Crippen LogP) is 4.87. The molecule has 26 heavy (non-hydrogen) atoms. The minimum absolute atomic E-state index is 0.00151. The van der Waals surface area contributed by atoms with Crippen LogP contribution in [-0.2, 0) is 6.42 Å². The van der Waals surface area contributed by atoms with Crippen LogP contribution in [0.3, 0.4) is 0 Å². The molecule has 1 heterocycles. The van der Waals surface area contributed by atoms with Gasteiger partial charge in [-0.05, 0) is 29.7 Å². The molecule has 3 heteroatoms. The molecule has 1 N–H and O–H groups in total. The Morgan fingerprint density at radius 2 is 1.42 bits per heavy atom. The molecule has 0 amide bonds. The van der Waals surface area contributed by atoms with Gasteiger partial charge in [-0.2, -0.15) is 0 Å². The number of aromatic hydroxyl groups is 1. The van der Waals surface area contributed by atoms with Crippen molar-refractivity contribution in [3.8, 4) is 5.75 Å². The third-order valence-electron chi connectivity index (χ3n) is 4.65. The summed E-state index contributed by atoms with van der Waals surface area (Å²) in [6, 6.07) is 26.8. The Morgan fingerprint density at radius 1 is 0.808 bits per heavy atom. The van der Waals surface area contributed by atoms with Crippen LogP contribution in [0.1, 0.15) is 22.6 Å². The normalized spacial score (nSPS) is 12.2. The summed E-state index contributed by atoms with van der Waals surface area (Å²) in [6.45, 7) is 0. The van der Waals surface area contributed by atoms with E-state index in [0.717, 1.165) is 11.1 Å².